The van der Waals surface area contributed by atoms with Crippen molar-refractivity contribution in [3.8, 4) is 5.75 Å². The molecule has 0 saturated carbocycles. The molecule has 2 amide bonds. The number of halogens is 1. The van der Waals surface area contributed by atoms with Crippen molar-refractivity contribution in [2.45, 2.75) is 44.4 Å². The second-order valence-corrected chi connectivity index (χ2v) is 11.7. The maximum absolute atomic E-state index is 13.6. The zero-order valence-electron chi connectivity index (χ0n) is 21.0. The van der Waals surface area contributed by atoms with Crippen molar-refractivity contribution in [1.82, 2.24) is 0 Å². The number of pyridine rings is 1. The van der Waals surface area contributed by atoms with Gasteiger partial charge in [-0.1, -0.05) is 51.4 Å². The molecule has 0 saturated heterocycles. The van der Waals surface area contributed by atoms with Crippen LogP contribution in [0, 0.1) is 0 Å². The number of carbonyl (C=O) groups is 2. The van der Waals surface area contributed by atoms with Crippen molar-refractivity contribution in [3.05, 3.63) is 76.1 Å². The van der Waals surface area contributed by atoms with Gasteiger partial charge in [0.1, 0.15) is 5.69 Å². The van der Waals surface area contributed by atoms with E-state index in [4.69, 9.17) is 16.3 Å². The first kappa shape index (κ1) is 26.4. The number of sulfonamides is 1. The third-order valence-corrected chi connectivity index (χ3v) is 7.88. The standard InChI is InChI=1S/C26H26ClN3O6S/c1-6-17-20(13-29(33)14-21(17)36-5)30-24(31)22-18(27)11-12-19(23(22)25(30)32)28-37(34,35)16-9-7-15(8-10-16)26(2,3)4/h7-14H,6H2,1-5H3,(H-,28,32,33)/p+1. The maximum atomic E-state index is 13.6. The lowest BCUT2D eigenvalue weighted by Gasteiger charge is -2.19. The number of hydrogen-bond acceptors (Lipinski definition) is 6. The van der Waals surface area contributed by atoms with Gasteiger partial charge < -0.3 is 4.74 Å². The first-order valence-corrected chi connectivity index (χ1v) is 13.3. The summed E-state index contributed by atoms with van der Waals surface area (Å²) in [5.41, 5.74) is 0.996. The molecule has 0 bridgehead atoms. The van der Waals surface area contributed by atoms with Crippen LogP contribution in [0.1, 0.15) is 59.5 Å². The first-order chi connectivity index (χ1) is 17.3. The summed E-state index contributed by atoms with van der Waals surface area (Å²) in [5, 5.41) is 10.1. The lowest BCUT2D eigenvalue weighted by atomic mass is 9.87. The molecule has 0 fully saturated rings. The lowest BCUT2D eigenvalue weighted by Crippen LogP contribution is -2.36. The van der Waals surface area contributed by atoms with Crippen molar-refractivity contribution in [2.75, 3.05) is 16.7 Å². The summed E-state index contributed by atoms with van der Waals surface area (Å²) >= 11 is 6.31. The van der Waals surface area contributed by atoms with Crippen molar-refractivity contribution in [3.63, 3.8) is 0 Å². The smallest absolute Gasteiger partial charge is 0.268 e. The average Bonchev–Trinajstić information content (AvgIpc) is 3.10. The molecule has 2 N–H and O–H groups in total. The number of benzene rings is 2. The highest BCUT2D eigenvalue weighted by molar-refractivity contribution is 7.92. The Balaban J connectivity index is 1.79. The fourth-order valence-electron chi connectivity index (χ4n) is 4.25. The molecule has 1 aliphatic heterocycles. The van der Waals surface area contributed by atoms with Crippen LogP contribution in [-0.2, 0) is 21.9 Å². The van der Waals surface area contributed by atoms with Gasteiger partial charge in [-0.2, -0.15) is 0 Å². The van der Waals surface area contributed by atoms with Crippen molar-refractivity contribution in [1.29, 1.82) is 0 Å². The van der Waals surface area contributed by atoms with E-state index in [0.717, 1.165) is 10.5 Å². The molecule has 194 valence electrons. The molecule has 0 atom stereocenters. The minimum atomic E-state index is -4.10. The summed E-state index contributed by atoms with van der Waals surface area (Å²) < 4.78 is 34.9. The molecule has 2 heterocycles. The van der Waals surface area contributed by atoms with Gasteiger partial charge in [0, 0.05) is 10.3 Å². The summed E-state index contributed by atoms with van der Waals surface area (Å²) in [6.07, 6.45) is 2.89. The average molecular weight is 545 g/mol. The van der Waals surface area contributed by atoms with Crippen molar-refractivity contribution < 1.29 is 32.7 Å². The van der Waals surface area contributed by atoms with E-state index in [1.807, 2.05) is 20.8 Å². The maximum Gasteiger partial charge on any atom is 0.268 e. The van der Waals surface area contributed by atoms with Gasteiger partial charge in [-0.25, -0.2) is 13.3 Å². The Kier molecular flexibility index (Phi) is 6.68. The SMILES string of the molecule is CCc1c(OC)c[n+](O)cc1N1C(=O)c2c(Cl)ccc(NS(=O)(=O)c3ccc(C(C)(C)C)cc3)c2C1=O. The summed E-state index contributed by atoms with van der Waals surface area (Å²) in [4.78, 5) is 27.9. The summed E-state index contributed by atoms with van der Waals surface area (Å²) in [5.74, 6) is -1.26. The number of fused-ring (bicyclic) bond motifs is 1. The number of imide groups is 1. The molecule has 3 aromatic rings. The molecule has 0 spiro atoms. The van der Waals surface area contributed by atoms with E-state index in [1.165, 1.54) is 43.8 Å². The van der Waals surface area contributed by atoms with E-state index in [2.05, 4.69) is 4.72 Å². The highest BCUT2D eigenvalue weighted by atomic mass is 35.5. The molecule has 11 heteroatoms. The summed E-state index contributed by atoms with van der Waals surface area (Å²) in [6.45, 7) is 7.86. The van der Waals surface area contributed by atoms with Crippen LogP contribution in [0.5, 0.6) is 5.75 Å². The van der Waals surface area contributed by atoms with Crippen LogP contribution in [0.4, 0.5) is 11.4 Å². The topological polar surface area (TPSA) is 117 Å². The Morgan fingerprint density at radius 2 is 1.65 bits per heavy atom. The molecule has 9 nitrogen and oxygen atoms in total. The molecule has 0 radical (unpaired) electrons. The normalized spacial score (nSPS) is 13.6. The molecular weight excluding hydrogens is 518 g/mol. The molecule has 1 aliphatic rings. The van der Waals surface area contributed by atoms with Gasteiger partial charge in [-0.15, -0.1) is 0 Å². The number of amides is 2. The van der Waals surface area contributed by atoms with Gasteiger partial charge in [0.05, 0.1) is 33.8 Å². The highest BCUT2D eigenvalue weighted by Gasteiger charge is 2.43. The Bertz CT molecular complexity index is 1530. The summed E-state index contributed by atoms with van der Waals surface area (Å²) in [6, 6.07) is 9.14. The van der Waals surface area contributed by atoms with E-state index in [-0.39, 0.29) is 43.6 Å². The molecule has 2 aromatic carbocycles. The van der Waals surface area contributed by atoms with Crippen LogP contribution in [0.25, 0.3) is 0 Å². The third-order valence-electron chi connectivity index (χ3n) is 6.19. The number of nitrogens with zero attached hydrogens (tertiary/aromatic N) is 2. The van der Waals surface area contributed by atoms with Gasteiger partial charge in [0.25, 0.3) is 28.0 Å². The number of ether oxygens (including phenoxy) is 1. The van der Waals surface area contributed by atoms with Gasteiger partial charge in [-0.05, 0) is 41.7 Å². The predicted molar refractivity (Wildman–Crippen MR) is 138 cm³/mol. The van der Waals surface area contributed by atoms with E-state index < -0.39 is 21.8 Å². The zero-order valence-corrected chi connectivity index (χ0v) is 22.6. The quantitative estimate of drug-likeness (QED) is 0.271. The number of carbonyl (C=O) groups excluding carboxylic acids is 2. The molecule has 1 aromatic heterocycles. The van der Waals surface area contributed by atoms with Gasteiger partial charge in [-0.3, -0.25) is 19.5 Å². The number of aromatic nitrogens is 1. The Morgan fingerprint density at radius 3 is 2.22 bits per heavy atom. The monoisotopic (exact) mass is 544 g/mol. The highest BCUT2D eigenvalue weighted by Crippen LogP contribution is 2.40. The minimum absolute atomic E-state index is 0.000200. The van der Waals surface area contributed by atoms with Crippen LogP contribution >= 0.6 is 11.6 Å². The second kappa shape index (κ2) is 9.35. The summed E-state index contributed by atoms with van der Waals surface area (Å²) in [7, 11) is -2.70. The van der Waals surface area contributed by atoms with Crippen LogP contribution in [0.3, 0.4) is 0 Å². The fraction of sp³-hybridized carbons (Fsp3) is 0.269. The number of hydrogen-bond donors (Lipinski definition) is 2. The molecular formula is C26H27ClN3O6S+. The Morgan fingerprint density at radius 1 is 1.03 bits per heavy atom. The van der Waals surface area contributed by atoms with Crippen LogP contribution < -0.4 is 19.1 Å². The third kappa shape index (κ3) is 4.62. The second-order valence-electron chi connectivity index (χ2n) is 9.59. The van der Waals surface area contributed by atoms with E-state index in [0.29, 0.717) is 16.7 Å². The number of anilines is 2. The fourth-order valence-corrected chi connectivity index (χ4v) is 5.56. The number of nitrogens with one attached hydrogen (secondary N) is 1. The number of rotatable bonds is 6. The van der Waals surface area contributed by atoms with Gasteiger partial charge in [0.15, 0.2) is 5.75 Å². The van der Waals surface area contributed by atoms with E-state index in [1.54, 1.807) is 19.1 Å². The van der Waals surface area contributed by atoms with Gasteiger partial charge in [0.2, 0.25) is 6.20 Å². The van der Waals surface area contributed by atoms with Crippen LogP contribution in [0.15, 0.2) is 53.7 Å². The van der Waals surface area contributed by atoms with Crippen LogP contribution in [-0.4, -0.2) is 32.5 Å². The van der Waals surface area contributed by atoms with E-state index >= 15 is 0 Å². The predicted octanol–water partition coefficient (Wildman–Crippen LogP) is 4.33. The number of methoxy groups -OCH3 is 1. The molecule has 37 heavy (non-hydrogen) atoms. The van der Waals surface area contributed by atoms with Crippen LogP contribution in [0.2, 0.25) is 5.02 Å². The van der Waals surface area contributed by atoms with Crippen molar-refractivity contribution >= 4 is 44.8 Å². The van der Waals surface area contributed by atoms with Gasteiger partial charge >= 0.3 is 0 Å². The molecule has 0 aliphatic carbocycles. The largest absolute Gasteiger partial charge is 0.490 e. The van der Waals surface area contributed by atoms with E-state index in [9.17, 15) is 23.2 Å². The lowest BCUT2D eigenvalue weighted by molar-refractivity contribution is -0.904. The minimum Gasteiger partial charge on any atom is -0.490 e. The Hall–Kier alpha value is -3.63. The zero-order chi connectivity index (χ0) is 27.3. The molecule has 0 unspecified atom stereocenters. The molecule has 4 rings (SSSR count). The van der Waals surface area contributed by atoms with Crippen molar-refractivity contribution in [2.24, 2.45) is 0 Å². The first-order valence-electron chi connectivity index (χ1n) is 11.5. The Labute approximate surface area is 220 Å².